The number of hydrogen-bond donors (Lipinski definition) is 1. The molecule has 2 heterocycles. The number of hydrogen-bond acceptors (Lipinski definition) is 4. The topological polar surface area (TPSA) is 55.6 Å². The summed E-state index contributed by atoms with van der Waals surface area (Å²) in [4.78, 5) is 17.5. The fourth-order valence-electron chi connectivity index (χ4n) is 2.55. The molecule has 0 saturated carbocycles. The van der Waals surface area contributed by atoms with Crippen molar-refractivity contribution in [3.63, 3.8) is 0 Å². The third-order valence-corrected chi connectivity index (χ3v) is 4.96. The Hall–Kier alpha value is -2.34. The number of anilines is 1. The zero-order valence-corrected chi connectivity index (χ0v) is 15.4. The van der Waals surface area contributed by atoms with Crippen LogP contribution in [-0.2, 0) is 0 Å². The van der Waals surface area contributed by atoms with E-state index in [0.717, 1.165) is 35.1 Å². The molecule has 0 aliphatic heterocycles. The van der Waals surface area contributed by atoms with E-state index in [1.54, 1.807) is 6.20 Å². The lowest BCUT2D eigenvalue weighted by molar-refractivity contribution is 0.102. The van der Waals surface area contributed by atoms with Gasteiger partial charge in [-0.2, -0.15) is 0 Å². The van der Waals surface area contributed by atoms with Crippen LogP contribution < -0.4 is 10.1 Å². The third kappa shape index (κ3) is 4.39. The average Bonchev–Trinajstić information content (AvgIpc) is 3.19. The van der Waals surface area contributed by atoms with E-state index in [1.165, 1.54) is 30.6 Å². The summed E-state index contributed by atoms with van der Waals surface area (Å²) in [5.41, 5.74) is 2.23. The van der Waals surface area contributed by atoms with Crippen molar-refractivity contribution in [3.8, 4) is 5.75 Å². The molecule has 25 heavy (non-hydrogen) atoms. The van der Waals surface area contributed by atoms with Gasteiger partial charge in [0.1, 0.15) is 11.4 Å². The Balaban J connectivity index is 1.54. The lowest BCUT2D eigenvalue weighted by Gasteiger charge is -2.07. The molecule has 0 aliphatic carbocycles. The molecule has 0 aliphatic rings. The van der Waals surface area contributed by atoms with E-state index in [2.05, 4.69) is 17.2 Å². The van der Waals surface area contributed by atoms with Crippen molar-refractivity contribution in [1.29, 1.82) is 0 Å². The van der Waals surface area contributed by atoms with Crippen LogP contribution in [0.15, 0.2) is 35.8 Å². The predicted molar refractivity (Wildman–Crippen MR) is 102 cm³/mol. The fraction of sp³-hybridized carbons (Fsp3) is 0.368. The van der Waals surface area contributed by atoms with Crippen LogP contribution in [0.4, 0.5) is 5.69 Å². The predicted octanol–water partition coefficient (Wildman–Crippen LogP) is 4.92. The van der Waals surface area contributed by atoms with Crippen LogP contribution in [0.1, 0.15) is 48.8 Å². The van der Waals surface area contributed by atoms with Crippen LogP contribution in [0.3, 0.4) is 0 Å². The number of ether oxygens (including phenoxy) is 1. The zero-order valence-electron chi connectivity index (χ0n) is 14.6. The molecule has 0 atom stereocenters. The largest absolute Gasteiger partial charge is 0.494 e. The summed E-state index contributed by atoms with van der Waals surface area (Å²) in [5, 5.41) is 4.89. The van der Waals surface area contributed by atoms with Gasteiger partial charge in [0, 0.05) is 23.0 Å². The maximum absolute atomic E-state index is 12.3. The van der Waals surface area contributed by atoms with Crippen LogP contribution >= 0.6 is 11.3 Å². The number of benzene rings is 1. The Morgan fingerprint density at radius 3 is 2.76 bits per heavy atom. The third-order valence-electron chi connectivity index (χ3n) is 4.00. The highest BCUT2D eigenvalue weighted by atomic mass is 32.1. The van der Waals surface area contributed by atoms with E-state index >= 15 is 0 Å². The molecule has 2 aromatic heterocycles. The Morgan fingerprint density at radius 2 is 2.04 bits per heavy atom. The fourth-order valence-corrected chi connectivity index (χ4v) is 3.40. The Labute approximate surface area is 151 Å². The monoisotopic (exact) mass is 357 g/mol. The standard InChI is InChI=1S/C19H23N3O2S/c1-3-4-5-6-11-24-16-9-7-15(8-10-16)20-18(23)17-12-22-14(2)13-25-19(22)21-17/h7-10,12-13H,3-6,11H2,1-2H3,(H,20,23). The van der Waals surface area contributed by atoms with Crippen LogP contribution in [0.2, 0.25) is 0 Å². The zero-order chi connectivity index (χ0) is 17.6. The van der Waals surface area contributed by atoms with Gasteiger partial charge >= 0.3 is 0 Å². The molecule has 5 nitrogen and oxygen atoms in total. The van der Waals surface area contributed by atoms with Crippen LogP contribution in [0, 0.1) is 6.92 Å². The number of rotatable bonds is 8. The summed E-state index contributed by atoms with van der Waals surface area (Å²) >= 11 is 1.53. The molecule has 1 N–H and O–H groups in total. The van der Waals surface area contributed by atoms with Gasteiger partial charge in [-0.15, -0.1) is 11.3 Å². The highest BCUT2D eigenvalue weighted by Gasteiger charge is 2.13. The molecule has 3 rings (SSSR count). The van der Waals surface area contributed by atoms with E-state index in [1.807, 2.05) is 41.0 Å². The number of amides is 1. The first-order valence-electron chi connectivity index (χ1n) is 8.65. The van der Waals surface area contributed by atoms with Crippen molar-refractivity contribution >= 4 is 27.9 Å². The number of nitrogens with zero attached hydrogens (tertiary/aromatic N) is 2. The van der Waals surface area contributed by atoms with Gasteiger partial charge < -0.3 is 10.1 Å². The molecule has 3 aromatic rings. The smallest absolute Gasteiger partial charge is 0.275 e. The van der Waals surface area contributed by atoms with E-state index < -0.39 is 0 Å². The summed E-state index contributed by atoms with van der Waals surface area (Å²) in [6, 6.07) is 7.46. The average molecular weight is 357 g/mol. The van der Waals surface area contributed by atoms with Crippen LogP contribution in [0.5, 0.6) is 5.75 Å². The van der Waals surface area contributed by atoms with Crippen molar-refractivity contribution in [2.24, 2.45) is 0 Å². The summed E-state index contributed by atoms with van der Waals surface area (Å²) in [6.45, 7) is 4.92. The number of aryl methyl sites for hydroxylation is 1. The van der Waals surface area contributed by atoms with Crippen molar-refractivity contribution in [3.05, 3.63) is 47.2 Å². The number of thiazole rings is 1. The van der Waals surface area contributed by atoms with Gasteiger partial charge in [-0.1, -0.05) is 26.2 Å². The van der Waals surface area contributed by atoms with Crippen molar-refractivity contribution < 1.29 is 9.53 Å². The first-order chi connectivity index (χ1) is 12.2. The molecule has 0 unspecified atom stereocenters. The number of imidazole rings is 1. The lowest BCUT2D eigenvalue weighted by atomic mass is 10.2. The molecule has 132 valence electrons. The minimum absolute atomic E-state index is 0.205. The SMILES string of the molecule is CCCCCCOc1ccc(NC(=O)c2cn3c(C)csc3n2)cc1. The Morgan fingerprint density at radius 1 is 1.24 bits per heavy atom. The normalized spacial score (nSPS) is 11.0. The van der Waals surface area contributed by atoms with Gasteiger partial charge in [0.05, 0.1) is 6.61 Å². The summed E-state index contributed by atoms with van der Waals surface area (Å²) in [5.74, 6) is 0.621. The molecule has 0 fully saturated rings. The van der Waals surface area contributed by atoms with Gasteiger partial charge in [-0.05, 0) is 37.6 Å². The second-order valence-electron chi connectivity index (χ2n) is 6.04. The van der Waals surface area contributed by atoms with Gasteiger partial charge in [-0.25, -0.2) is 4.98 Å². The van der Waals surface area contributed by atoms with Gasteiger partial charge in [0.25, 0.3) is 5.91 Å². The first-order valence-corrected chi connectivity index (χ1v) is 9.52. The van der Waals surface area contributed by atoms with E-state index in [4.69, 9.17) is 4.74 Å². The highest BCUT2D eigenvalue weighted by molar-refractivity contribution is 7.15. The molecular weight excluding hydrogens is 334 g/mol. The minimum Gasteiger partial charge on any atom is -0.494 e. The number of aromatic nitrogens is 2. The van der Waals surface area contributed by atoms with E-state index in [-0.39, 0.29) is 5.91 Å². The number of carbonyl (C=O) groups is 1. The summed E-state index contributed by atoms with van der Waals surface area (Å²) in [6.07, 6.45) is 6.52. The molecular formula is C19H23N3O2S. The number of unbranched alkanes of at least 4 members (excludes halogenated alkanes) is 3. The number of carbonyl (C=O) groups excluding carboxylic acids is 1. The maximum Gasteiger partial charge on any atom is 0.275 e. The van der Waals surface area contributed by atoms with E-state index in [0.29, 0.717) is 5.69 Å². The molecule has 0 bridgehead atoms. The molecule has 0 spiro atoms. The summed E-state index contributed by atoms with van der Waals surface area (Å²) in [7, 11) is 0. The number of nitrogens with one attached hydrogen (secondary N) is 1. The van der Waals surface area contributed by atoms with Crippen molar-refractivity contribution in [1.82, 2.24) is 9.38 Å². The van der Waals surface area contributed by atoms with Crippen molar-refractivity contribution in [2.45, 2.75) is 39.5 Å². The minimum atomic E-state index is -0.205. The highest BCUT2D eigenvalue weighted by Crippen LogP contribution is 2.19. The lowest BCUT2D eigenvalue weighted by Crippen LogP contribution is -2.12. The Kier molecular flexibility index (Phi) is 5.71. The maximum atomic E-state index is 12.3. The second-order valence-corrected chi connectivity index (χ2v) is 6.88. The Bertz CT molecular complexity index is 836. The summed E-state index contributed by atoms with van der Waals surface area (Å²) < 4.78 is 7.64. The molecule has 1 aromatic carbocycles. The van der Waals surface area contributed by atoms with E-state index in [9.17, 15) is 4.79 Å². The van der Waals surface area contributed by atoms with Gasteiger partial charge in [0.15, 0.2) is 4.96 Å². The molecule has 6 heteroatoms. The van der Waals surface area contributed by atoms with Crippen LogP contribution in [-0.4, -0.2) is 21.9 Å². The number of fused-ring (bicyclic) bond motifs is 1. The second kappa shape index (κ2) is 8.16. The molecule has 0 saturated heterocycles. The quantitative estimate of drug-likeness (QED) is 0.582. The molecule has 1 amide bonds. The first kappa shape index (κ1) is 17.5. The van der Waals surface area contributed by atoms with Gasteiger partial charge in [0.2, 0.25) is 0 Å². The van der Waals surface area contributed by atoms with Crippen molar-refractivity contribution in [2.75, 3.05) is 11.9 Å². The van der Waals surface area contributed by atoms with Crippen LogP contribution in [0.25, 0.3) is 4.96 Å². The van der Waals surface area contributed by atoms with Gasteiger partial charge in [-0.3, -0.25) is 9.20 Å². The molecule has 0 radical (unpaired) electrons.